The Labute approximate surface area is 153 Å². The van der Waals surface area contributed by atoms with Crippen LogP contribution in [0.2, 0.25) is 0 Å². The lowest BCUT2D eigenvalue weighted by Gasteiger charge is -2.13. The minimum Gasteiger partial charge on any atom is -0.462 e. The van der Waals surface area contributed by atoms with Crippen LogP contribution in [0.4, 0.5) is 0 Å². The first kappa shape index (κ1) is 20.7. The minimum atomic E-state index is -0.507. The molecule has 1 aromatic rings. The molecule has 134 valence electrons. The number of carbonyl (C=O) groups excluding carboxylic acids is 2. The van der Waals surface area contributed by atoms with Gasteiger partial charge in [0.25, 0.3) is 0 Å². The molecule has 1 aromatic carbocycles. The maximum Gasteiger partial charge on any atom is 0.339 e. The number of benzene rings is 1. The molecule has 0 saturated heterocycles. The van der Waals surface area contributed by atoms with Gasteiger partial charge in [-0.15, -0.1) is 0 Å². The molecule has 1 rings (SSSR count). The van der Waals surface area contributed by atoms with Gasteiger partial charge in [-0.05, 0) is 50.3 Å². The zero-order valence-electron chi connectivity index (χ0n) is 15.0. The predicted octanol–water partition coefficient (Wildman–Crippen LogP) is 5.17. The first-order valence-corrected chi connectivity index (χ1v) is 9.36. The molecular formula is C19H27BrO4. The van der Waals surface area contributed by atoms with E-state index >= 15 is 0 Å². The number of hydrogen-bond acceptors (Lipinski definition) is 4. The highest BCUT2D eigenvalue weighted by Crippen LogP contribution is 2.26. The Morgan fingerprint density at radius 3 is 2.04 bits per heavy atom. The Bertz CT molecular complexity index is 567. The summed E-state index contributed by atoms with van der Waals surface area (Å²) in [6.07, 6.45) is 4.21. The number of halogens is 1. The Morgan fingerprint density at radius 1 is 1.00 bits per heavy atom. The third-order valence-electron chi connectivity index (χ3n) is 3.65. The highest BCUT2D eigenvalue weighted by Gasteiger charge is 2.21. The van der Waals surface area contributed by atoms with Crippen molar-refractivity contribution >= 4 is 27.9 Å². The molecule has 24 heavy (non-hydrogen) atoms. The number of rotatable bonds is 9. The standard InChI is InChI=1S/C19H27BrO4/c1-5-23-18(21)15-11-14(10-8-7-9-13(3)4)17(20)12-16(15)19(22)24-6-2/h11-13H,5-10H2,1-4H3. The lowest BCUT2D eigenvalue weighted by Crippen LogP contribution is -2.15. The molecule has 0 bridgehead atoms. The lowest BCUT2D eigenvalue weighted by molar-refractivity contribution is 0.0478. The molecule has 0 radical (unpaired) electrons. The van der Waals surface area contributed by atoms with Crippen LogP contribution in [0.5, 0.6) is 0 Å². The summed E-state index contributed by atoms with van der Waals surface area (Å²) < 4.78 is 11.0. The van der Waals surface area contributed by atoms with E-state index in [1.807, 2.05) is 0 Å². The van der Waals surface area contributed by atoms with Gasteiger partial charge in [-0.3, -0.25) is 0 Å². The number of unbranched alkanes of at least 4 members (excludes halogenated alkanes) is 1. The van der Waals surface area contributed by atoms with Crippen molar-refractivity contribution in [1.82, 2.24) is 0 Å². The monoisotopic (exact) mass is 398 g/mol. The maximum absolute atomic E-state index is 12.2. The molecule has 4 nitrogen and oxygen atoms in total. The van der Waals surface area contributed by atoms with Crippen molar-refractivity contribution in [3.8, 4) is 0 Å². The zero-order chi connectivity index (χ0) is 18.1. The number of hydrogen-bond donors (Lipinski definition) is 0. The Balaban J connectivity index is 3.03. The van der Waals surface area contributed by atoms with Crippen LogP contribution in [-0.4, -0.2) is 25.2 Å². The van der Waals surface area contributed by atoms with E-state index in [4.69, 9.17) is 9.47 Å². The molecule has 0 saturated carbocycles. The summed E-state index contributed by atoms with van der Waals surface area (Å²) in [6.45, 7) is 8.43. The number of ether oxygens (including phenoxy) is 2. The molecule has 0 fully saturated rings. The number of carbonyl (C=O) groups is 2. The van der Waals surface area contributed by atoms with Crippen LogP contribution in [-0.2, 0) is 15.9 Å². The van der Waals surface area contributed by atoms with E-state index in [1.165, 1.54) is 6.42 Å². The summed E-state index contributed by atoms with van der Waals surface area (Å²) in [5.74, 6) is -0.307. The maximum atomic E-state index is 12.2. The Morgan fingerprint density at radius 2 is 1.54 bits per heavy atom. The van der Waals surface area contributed by atoms with Crippen LogP contribution in [0.1, 0.15) is 73.2 Å². The fourth-order valence-electron chi connectivity index (χ4n) is 2.43. The summed E-state index contributed by atoms with van der Waals surface area (Å²) in [5.41, 5.74) is 1.53. The molecule has 0 aliphatic rings. The zero-order valence-corrected chi connectivity index (χ0v) is 16.6. The average molecular weight is 399 g/mol. The molecule has 5 heteroatoms. The predicted molar refractivity (Wildman–Crippen MR) is 98.4 cm³/mol. The molecular weight excluding hydrogens is 372 g/mol. The van der Waals surface area contributed by atoms with Crippen molar-refractivity contribution in [3.63, 3.8) is 0 Å². The molecule has 0 spiro atoms. The van der Waals surface area contributed by atoms with Crippen LogP contribution in [0.15, 0.2) is 16.6 Å². The van der Waals surface area contributed by atoms with Crippen molar-refractivity contribution in [2.45, 2.75) is 53.4 Å². The minimum absolute atomic E-state index is 0.244. The Kier molecular flexibility index (Phi) is 9.04. The second kappa shape index (κ2) is 10.5. The normalized spacial score (nSPS) is 10.8. The van der Waals surface area contributed by atoms with Crippen LogP contribution in [0.3, 0.4) is 0 Å². The smallest absolute Gasteiger partial charge is 0.339 e. The molecule has 0 atom stereocenters. The largest absolute Gasteiger partial charge is 0.462 e. The van der Waals surface area contributed by atoms with Crippen LogP contribution in [0, 0.1) is 5.92 Å². The second-order valence-electron chi connectivity index (χ2n) is 6.07. The van der Waals surface area contributed by atoms with Crippen molar-refractivity contribution in [1.29, 1.82) is 0 Å². The molecule has 0 unspecified atom stereocenters. The van der Waals surface area contributed by atoms with Crippen LogP contribution < -0.4 is 0 Å². The molecule has 0 aliphatic heterocycles. The topological polar surface area (TPSA) is 52.6 Å². The second-order valence-corrected chi connectivity index (χ2v) is 6.92. The van der Waals surface area contributed by atoms with E-state index in [1.54, 1.807) is 26.0 Å². The van der Waals surface area contributed by atoms with Gasteiger partial charge in [-0.1, -0.05) is 42.6 Å². The van der Waals surface area contributed by atoms with Gasteiger partial charge in [-0.2, -0.15) is 0 Å². The summed E-state index contributed by atoms with van der Waals surface area (Å²) in [6, 6.07) is 3.42. The van der Waals surface area contributed by atoms with Gasteiger partial charge in [0.1, 0.15) is 0 Å². The van der Waals surface area contributed by atoms with Gasteiger partial charge >= 0.3 is 11.9 Å². The van der Waals surface area contributed by atoms with E-state index in [-0.39, 0.29) is 24.3 Å². The molecule has 0 amide bonds. The first-order chi connectivity index (χ1) is 11.4. The summed E-state index contributed by atoms with van der Waals surface area (Å²) in [5, 5.41) is 0. The molecule has 0 aromatic heterocycles. The van der Waals surface area contributed by atoms with Crippen molar-refractivity contribution in [2.75, 3.05) is 13.2 Å². The lowest BCUT2D eigenvalue weighted by atomic mass is 9.98. The van der Waals surface area contributed by atoms with Crippen molar-refractivity contribution < 1.29 is 19.1 Å². The van der Waals surface area contributed by atoms with E-state index in [9.17, 15) is 9.59 Å². The summed E-state index contributed by atoms with van der Waals surface area (Å²) in [7, 11) is 0. The summed E-state index contributed by atoms with van der Waals surface area (Å²) in [4.78, 5) is 24.3. The van der Waals surface area contributed by atoms with E-state index in [0.717, 1.165) is 29.3 Å². The summed E-state index contributed by atoms with van der Waals surface area (Å²) >= 11 is 3.51. The molecule has 0 heterocycles. The highest BCUT2D eigenvalue weighted by molar-refractivity contribution is 9.10. The van der Waals surface area contributed by atoms with Gasteiger partial charge in [0.05, 0.1) is 24.3 Å². The average Bonchev–Trinajstić information content (AvgIpc) is 2.52. The SMILES string of the molecule is CCOC(=O)c1cc(Br)c(CCCCC(C)C)cc1C(=O)OCC. The van der Waals surface area contributed by atoms with E-state index in [0.29, 0.717) is 5.92 Å². The van der Waals surface area contributed by atoms with Gasteiger partial charge in [0, 0.05) is 4.47 Å². The fourth-order valence-corrected chi connectivity index (χ4v) is 2.97. The van der Waals surface area contributed by atoms with Crippen molar-refractivity contribution in [2.24, 2.45) is 5.92 Å². The highest BCUT2D eigenvalue weighted by atomic mass is 79.9. The first-order valence-electron chi connectivity index (χ1n) is 8.57. The fraction of sp³-hybridized carbons (Fsp3) is 0.579. The molecule has 0 aliphatic carbocycles. The quantitative estimate of drug-likeness (QED) is 0.425. The third kappa shape index (κ3) is 6.27. The number of esters is 2. The Hall–Kier alpha value is -1.36. The van der Waals surface area contributed by atoms with Gasteiger partial charge < -0.3 is 9.47 Å². The van der Waals surface area contributed by atoms with Gasteiger partial charge in [-0.25, -0.2) is 9.59 Å². The van der Waals surface area contributed by atoms with Crippen LogP contribution >= 0.6 is 15.9 Å². The van der Waals surface area contributed by atoms with E-state index < -0.39 is 11.9 Å². The van der Waals surface area contributed by atoms with Gasteiger partial charge in [0.2, 0.25) is 0 Å². The molecule has 0 N–H and O–H groups in total. The van der Waals surface area contributed by atoms with Crippen LogP contribution in [0.25, 0.3) is 0 Å². The third-order valence-corrected chi connectivity index (χ3v) is 4.39. The van der Waals surface area contributed by atoms with Gasteiger partial charge in [0.15, 0.2) is 0 Å². The van der Waals surface area contributed by atoms with E-state index in [2.05, 4.69) is 29.8 Å². The number of aryl methyl sites for hydroxylation is 1. The van der Waals surface area contributed by atoms with Crippen molar-refractivity contribution in [3.05, 3.63) is 33.3 Å².